The predicted molar refractivity (Wildman–Crippen MR) is 84.8 cm³/mol. The zero-order chi connectivity index (χ0) is 16.8. The van der Waals surface area contributed by atoms with Gasteiger partial charge in [-0.3, -0.25) is 14.3 Å². The molecule has 7 heteroatoms. The van der Waals surface area contributed by atoms with E-state index >= 15 is 0 Å². The summed E-state index contributed by atoms with van der Waals surface area (Å²) in [6, 6.07) is 10.2. The van der Waals surface area contributed by atoms with Crippen LogP contribution >= 0.6 is 0 Å². The summed E-state index contributed by atoms with van der Waals surface area (Å²) in [6.07, 6.45) is 0. The Morgan fingerprint density at radius 2 is 2.00 bits per heavy atom. The van der Waals surface area contributed by atoms with Crippen LogP contribution in [-0.2, 0) is 11.3 Å². The standard InChI is InChI=1S/C16H17N5O2/c1-3-21-14(8-11(2)20-21)16(23)18-10-15(22)19-13-6-4-12(9-17)5-7-13/h4-8H,3,10H2,1-2H3,(H,18,23)(H,19,22). The van der Waals surface area contributed by atoms with Gasteiger partial charge in [0, 0.05) is 12.2 Å². The molecular formula is C16H17N5O2. The van der Waals surface area contributed by atoms with Gasteiger partial charge in [-0.05, 0) is 44.2 Å². The van der Waals surface area contributed by atoms with Gasteiger partial charge in [-0.25, -0.2) is 0 Å². The number of aromatic nitrogens is 2. The van der Waals surface area contributed by atoms with Crippen LogP contribution in [-0.4, -0.2) is 28.1 Å². The molecule has 23 heavy (non-hydrogen) atoms. The fourth-order valence-corrected chi connectivity index (χ4v) is 2.05. The van der Waals surface area contributed by atoms with E-state index in [0.717, 1.165) is 5.69 Å². The molecule has 2 N–H and O–H groups in total. The van der Waals surface area contributed by atoms with Crippen molar-refractivity contribution in [2.45, 2.75) is 20.4 Å². The molecule has 0 aliphatic carbocycles. The van der Waals surface area contributed by atoms with Crippen molar-refractivity contribution in [2.75, 3.05) is 11.9 Å². The van der Waals surface area contributed by atoms with Crippen LogP contribution in [0.25, 0.3) is 0 Å². The predicted octanol–water partition coefficient (Wildman–Crippen LogP) is 1.45. The number of hydrogen-bond donors (Lipinski definition) is 2. The first-order valence-corrected chi connectivity index (χ1v) is 7.16. The first kappa shape index (κ1) is 16.2. The Bertz CT molecular complexity index is 756. The molecule has 0 bridgehead atoms. The molecule has 0 unspecified atom stereocenters. The van der Waals surface area contributed by atoms with E-state index < -0.39 is 0 Å². The fourth-order valence-electron chi connectivity index (χ4n) is 2.05. The molecule has 0 fully saturated rings. The molecule has 1 aromatic carbocycles. The molecule has 1 heterocycles. The Kier molecular flexibility index (Phi) is 5.10. The first-order valence-electron chi connectivity index (χ1n) is 7.16. The molecule has 0 radical (unpaired) electrons. The Hall–Kier alpha value is -3.14. The summed E-state index contributed by atoms with van der Waals surface area (Å²) in [6.45, 7) is 4.13. The van der Waals surface area contributed by atoms with Gasteiger partial charge in [0.15, 0.2) is 0 Å². The molecule has 1 aromatic heterocycles. The maximum Gasteiger partial charge on any atom is 0.269 e. The van der Waals surface area contributed by atoms with Gasteiger partial charge in [0.2, 0.25) is 5.91 Å². The number of nitriles is 1. The number of anilines is 1. The Morgan fingerprint density at radius 1 is 1.30 bits per heavy atom. The monoisotopic (exact) mass is 311 g/mol. The summed E-state index contributed by atoms with van der Waals surface area (Å²) in [7, 11) is 0. The number of benzene rings is 1. The lowest BCUT2D eigenvalue weighted by molar-refractivity contribution is -0.115. The minimum absolute atomic E-state index is 0.146. The number of nitrogens with one attached hydrogen (secondary N) is 2. The van der Waals surface area contributed by atoms with Crippen LogP contribution in [0.15, 0.2) is 30.3 Å². The number of amides is 2. The van der Waals surface area contributed by atoms with Crippen molar-refractivity contribution in [2.24, 2.45) is 0 Å². The average Bonchev–Trinajstić information content (AvgIpc) is 2.94. The van der Waals surface area contributed by atoms with Crippen LogP contribution in [0.5, 0.6) is 0 Å². The molecule has 2 amide bonds. The molecule has 0 atom stereocenters. The Balaban J connectivity index is 1.90. The van der Waals surface area contributed by atoms with Crippen LogP contribution in [0.3, 0.4) is 0 Å². The van der Waals surface area contributed by atoms with E-state index in [2.05, 4.69) is 15.7 Å². The molecular weight excluding hydrogens is 294 g/mol. The third kappa shape index (κ3) is 4.17. The molecule has 118 valence electrons. The van der Waals surface area contributed by atoms with Crippen molar-refractivity contribution in [3.63, 3.8) is 0 Å². The number of rotatable bonds is 5. The maximum absolute atomic E-state index is 12.1. The summed E-state index contributed by atoms with van der Waals surface area (Å²) in [4.78, 5) is 23.9. The summed E-state index contributed by atoms with van der Waals surface area (Å²) < 4.78 is 1.59. The summed E-state index contributed by atoms with van der Waals surface area (Å²) in [5.74, 6) is -0.690. The van der Waals surface area contributed by atoms with Crippen molar-refractivity contribution in [3.05, 3.63) is 47.3 Å². The number of carbonyl (C=O) groups is 2. The van der Waals surface area contributed by atoms with Crippen LogP contribution in [0.4, 0.5) is 5.69 Å². The molecule has 2 aromatic rings. The smallest absolute Gasteiger partial charge is 0.269 e. The number of nitrogens with zero attached hydrogens (tertiary/aromatic N) is 3. The van der Waals surface area contributed by atoms with Crippen molar-refractivity contribution in [1.82, 2.24) is 15.1 Å². The highest BCUT2D eigenvalue weighted by atomic mass is 16.2. The largest absolute Gasteiger partial charge is 0.342 e. The average molecular weight is 311 g/mol. The van der Waals surface area contributed by atoms with E-state index in [-0.39, 0.29) is 18.4 Å². The second-order valence-corrected chi connectivity index (χ2v) is 4.91. The molecule has 0 spiro atoms. The Labute approximate surface area is 133 Å². The lowest BCUT2D eigenvalue weighted by Gasteiger charge is -2.08. The van der Waals surface area contributed by atoms with Gasteiger partial charge in [-0.1, -0.05) is 0 Å². The van der Waals surface area contributed by atoms with E-state index in [0.29, 0.717) is 23.5 Å². The zero-order valence-electron chi connectivity index (χ0n) is 13.0. The van der Waals surface area contributed by atoms with Gasteiger partial charge in [-0.2, -0.15) is 10.4 Å². The minimum atomic E-state index is -0.345. The highest BCUT2D eigenvalue weighted by Crippen LogP contribution is 2.08. The van der Waals surface area contributed by atoms with Gasteiger partial charge < -0.3 is 10.6 Å². The molecule has 0 saturated heterocycles. The molecule has 7 nitrogen and oxygen atoms in total. The van der Waals surface area contributed by atoms with E-state index in [1.54, 1.807) is 41.9 Å². The summed E-state index contributed by atoms with van der Waals surface area (Å²) in [5, 5.41) is 18.1. The third-order valence-electron chi connectivity index (χ3n) is 3.14. The number of carbonyl (C=O) groups excluding carboxylic acids is 2. The van der Waals surface area contributed by atoms with Gasteiger partial charge in [-0.15, -0.1) is 0 Å². The highest BCUT2D eigenvalue weighted by molar-refractivity contribution is 5.98. The van der Waals surface area contributed by atoms with Gasteiger partial charge in [0.05, 0.1) is 23.9 Å². The highest BCUT2D eigenvalue weighted by Gasteiger charge is 2.14. The lowest BCUT2D eigenvalue weighted by Crippen LogP contribution is -2.34. The van der Waals surface area contributed by atoms with Crippen LogP contribution < -0.4 is 10.6 Å². The summed E-state index contributed by atoms with van der Waals surface area (Å²) >= 11 is 0. The van der Waals surface area contributed by atoms with Crippen LogP contribution in [0, 0.1) is 18.3 Å². The molecule has 2 rings (SSSR count). The molecule has 0 saturated carbocycles. The van der Waals surface area contributed by atoms with E-state index in [4.69, 9.17) is 5.26 Å². The fraction of sp³-hybridized carbons (Fsp3) is 0.250. The van der Waals surface area contributed by atoms with E-state index in [1.165, 1.54) is 0 Å². The number of hydrogen-bond acceptors (Lipinski definition) is 4. The number of aryl methyl sites for hydroxylation is 2. The molecule has 0 aliphatic rings. The van der Waals surface area contributed by atoms with Crippen LogP contribution in [0.1, 0.15) is 28.7 Å². The second kappa shape index (κ2) is 7.22. The third-order valence-corrected chi connectivity index (χ3v) is 3.14. The van der Waals surface area contributed by atoms with Gasteiger partial charge >= 0.3 is 0 Å². The van der Waals surface area contributed by atoms with Crippen molar-refractivity contribution in [1.29, 1.82) is 5.26 Å². The van der Waals surface area contributed by atoms with Crippen molar-refractivity contribution in [3.8, 4) is 6.07 Å². The lowest BCUT2D eigenvalue weighted by atomic mass is 10.2. The van der Waals surface area contributed by atoms with Crippen molar-refractivity contribution >= 4 is 17.5 Å². The van der Waals surface area contributed by atoms with Crippen molar-refractivity contribution < 1.29 is 9.59 Å². The van der Waals surface area contributed by atoms with Gasteiger partial charge in [0.1, 0.15) is 5.69 Å². The zero-order valence-corrected chi connectivity index (χ0v) is 13.0. The van der Waals surface area contributed by atoms with Crippen LogP contribution in [0.2, 0.25) is 0 Å². The Morgan fingerprint density at radius 3 is 2.61 bits per heavy atom. The second-order valence-electron chi connectivity index (χ2n) is 4.91. The minimum Gasteiger partial charge on any atom is -0.342 e. The quantitative estimate of drug-likeness (QED) is 0.873. The topological polar surface area (TPSA) is 99.8 Å². The maximum atomic E-state index is 12.1. The normalized spacial score (nSPS) is 9.96. The van der Waals surface area contributed by atoms with E-state index in [9.17, 15) is 9.59 Å². The van der Waals surface area contributed by atoms with Gasteiger partial charge in [0.25, 0.3) is 5.91 Å². The summed E-state index contributed by atoms with van der Waals surface area (Å²) in [5.41, 5.74) is 2.26. The molecule has 0 aliphatic heterocycles. The first-order chi connectivity index (χ1) is 11.0. The van der Waals surface area contributed by atoms with E-state index in [1.807, 2.05) is 13.0 Å². The SMILES string of the molecule is CCn1nc(C)cc1C(=O)NCC(=O)Nc1ccc(C#N)cc1.